The summed E-state index contributed by atoms with van der Waals surface area (Å²) in [7, 11) is 1.81. The standard InChI is InChI=1S/C16H19FN8/c1-10-8-18-11(2)15-19-13(21-25(10)15)4-5-14-20-16(22-23(14)3)24-7-6-12(17)9-24/h4-5,8,12H,6-7,9H2,1-3H3/b5-4+/t12-/m1/s1. The van der Waals surface area contributed by atoms with E-state index in [2.05, 4.69) is 25.1 Å². The largest absolute Gasteiger partial charge is 0.337 e. The van der Waals surface area contributed by atoms with Gasteiger partial charge in [0.25, 0.3) is 0 Å². The highest BCUT2D eigenvalue weighted by Crippen LogP contribution is 2.19. The van der Waals surface area contributed by atoms with E-state index in [0.717, 1.165) is 17.0 Å². The second-order valence-corrected chi connectivity index (χ2v) is 6.25. The first-order valence-electron chi connectivity index (χ1n) is 8.18. The molecule has 0 amide bonds. The normalized spacial score (nSPS) is 18.1. The summed E-state index contributed by atoms with van der Waals surface area (Å²) in [4.78, 5) is 15.1. The van der Waals surface area contributed by atoms with Gasteiger partial charge in [0.2, 0.25) is 5.95 Å². The third-order valence-corrected chi connectivity index (χ3v) is 4.31. The van der Waals surface area contributed by atoms with Gasteiger partial charge in [-0.05, 0) is 32.4 Å². The molecule has 0 N–H and O–H groups in total. The van der Waals surface area contributed by atoms with Gasteiger partial charge in [-0.1, -0.05) is 0 Å². The van der Waals surface area contributed by atoms with Crippen LogP contribution in [0.1, 0.15) is 29.5 Å². The Labute approximate surface area is 144 Å². The molecule has 1 atom stereocenters. The molecule has 8 nitrogen and oxygen atoms in total. The molecule has 4 heterocycles. The summed E-state index contributed by atoms with van der Waals surface area (Å²) >= 11 is 0. The first-order chi connectivity index (χ1) is 12.0. The lowest BCUT2D eigenvalue weighted by Crippen LogP contribution is -2.21. The summed E-state index contributed by atoms with van der Waals surface area (Å²) in [5.41, 5.74) is 2.49. The monoisotopic (exact) mass is 342 g/mol. The zero-order chi connectivity index (χ0) is 17.6. The Balaban J connectivity index is 1.61. The second kappa shape index (κ2) is 5.91. The van der Waals surface area contributed by atoms with Crippen LogP contribution in [0.3, 0.4) is 0 Å². The molecule has 0 aliphatic carbocycles. The number of rotatable bonds is 3. The molecule has 130 valence electrons. The summed E-state index contributed by atoms with van der Waals surface area (Å²) in [5, 5.41) is 8.84. The van der Waals surface area contributed by atoms with Gasteiger partial charge in [-0.3, -0.25) is 4.98 Å². The molecule has 3 aromatic rings. The number of hydrogen-bond acceptors (Lipinski definition) is 6. The lowest BCUT2D eigenvalue weighted by atomic mass is 10.3. The van der Waals surface area contributed by atoms with Crippen molar-refractivity contribution in [3.63, 3.8) is 0 Å². The van der Waals surface area contributed by atoms with Gasteiger partial charge >= 0.3 is 0 Å². The zero-order valence-electron chi connectivity index (χ0n) is 14.4. The molecule has 3 aromatic heterocycles. The molecule has 9 heteroatoms. The highest BCUT2D eigenvalue weighted by Gasteiger charge is 2.25. The van der Waals surface area contributed by atoms with E-state index in [4.69, 9.17) is 0 Å². The fraction of sp³-hybridized carbons (Fsp3) is 0.438. The van der Waals surface area contributed by atoms with Crippen LogP contribution in [0, 0.1) is 13.8 Å². The number of aromatic nitrogens is 7. The van der Waals surface area contributed by atoms with Crippen molar-refractivity contribution in [2.75, 3.05) is 18.0 Å². The molecule has 0 saturated carbocycles. The van der Waals surface area contributed by atoms with Gasteiger partial charge in [-0.15, -0.1) is 10.2 Å². The van der Waals surface area contributed by atoms with E-state index in [0.29, 0.717) is 37.1 Å². The third-order valence-electron chi connectivity index (χ3n) is 4.31. The molecular formula is C16H19FN8. The number of nitrogens with zero attached hydrogens (tertiary/aromatic N) is 8. The lowest BCUT2D eigenvalue weighted by molar-refractivity contribution is 0.364. The Morgan fingerprint density at radius 3 is 2.76 bits per heavy atom. The van der Waals surface area contributed by atoms with Crippen LogP contribution in [0.25, 0.3) is 17.8 Å². The Bertz CT molecular complexity index is 918. The minimum atomic E-state index is -0.801. The van der Waals surface area contributed by atoms with Crippen LogP contribution < -0.4 is 4.90 Å². The molecule has 1 fully saturated rings. The Morgan fingerprint density at radius 2 is 2.04 bits per heavy atom. The first kappa shape index (κ1) is 15.7. The molecule has 0 spiro atoms. The Kier molecular flexibility index (Phi) is 3.70. The minimum Gasteiger partial charge on any atom is -0.337 e. The quantitative estimate of drug-likeness (QED) is 0.719. The number of alkyl halides is 1. The molecule has 25 heavy (non-hydrogen) atoms. The highest BCUT2D eigenvalue weighted by atomic mass is 19.1. The number of halogens is 1. The van der Waals surface area contributed by atoms with Crippen molar-refractivity contribution in [3.8, 4) is 0 Å². The summed E-state index contributed by atoms with van der Waals surface area (Å²) in [6.45, 7) is 4.84. The maximum absolute atomic E-state index is 13.4. The van der Waals surface area contributed by atoms with E-state index in [1.54, 1.807) is 21.5 Å². The maximum Gasteiger partial charge on any atom is 0.245 e. The second-order valence-electron chi connectivity index (χ2n) is 6.25. The van der Waals surface area contributed by atoms with Gasteiger partial charge in [0.1, 0.15) is 6.17 Å². The highest BCUT2D eigenvalue weighted by molar-refractivity contribution is 5.65. The van der Waals surface area contributed by atoms with E-state index in [9.17, 15) is 4.39 Å². The van der Waals surface area contributed by atoms with Gasteiger partial charge < -0.3 is 4.90 Å². The van der Waals surface area contributed by atoms with Crippen molar-refractivity contribution in [2.24, 2.45) is 7.05 Å². The van der Waals surface area contributed by atoms with E-state index in [-0.39, 0.29) is 0 Å². The first-order valence-corrected chi connectivity index (χ1v) is 8.18. The van der Waals surface area contributed by atoms with Crippen LogP contribution in [0.5, 0.6) is 0 Å². The number of fused-ring (bicyclic) bond motifs is 1. The summed E-state index contributed by atoms with van der Waals surface area (Å²) < 4.78 is 16.8. The van der Waals surface area contributed by atoms with Crippen molar-refractivity contribution in [2.45, 2.75) is 26.4 Å². The van der Waals surface area contributed by atoms with Crippen LogP contribution in [0.4, 0.5) is 10.3 Å². The van der Waals surface area contributed by atoms with Gasteiger partial charge in [-0.25, -0.2) is 18.6 Å². The van der Waals surface area contributed by atoms with Crippen LogP contribution in [-0.4, -0.2) is 53.6 Å². The third kappa shape index (κ3) is 2.86. The van der Waals surface area contributed by atoms with E-state index in [1.165, 1.54) is 0 Å². The summed E-state index contributed by atoms with van der Waals surface area (Å²) in [6.07, 6.45) is 5.10. The van der Waals surface area contributed by atoms with Crippen molar-refractivity contribution >= 4 is 23.7 Å². The molecule has 1 aliphatic rings. The molecule has 0 radical (unpaired) electrons. The maximum atomic E-state index is 13.4. The fourth-order valence-electron chi connectivity index (χ4n) is 2.89. The topological polar surface area (TPSA) is 77.0 Å². The van der Waals surface area contributed by atoms with Crippen LogP contribution in [0.15, 0.2) is 6.20 Å². The molecule has 0 bridgehead atoms. The van der Waals surface area contributed by atoms with Crippen molar-refractivity contribution in [3.05, 3.63) is 29.2 Å². The van der Waals surface area contributed by atoms with Crippen molar-refractivity contribution in [1.29, 1.82) is 0 Å². The van der Waals surface area contributed by atoms with Crippen LogP contribution in [-0.2, 0) is 7.05 Å². The molecule has 1 aliphatic heterocycles. The molecule has 1 saturated heterocycles. The number of hydrogen-bond donors (Lipinski definition) is 0. The number of aryl methyl sites for hydroxylation is 3. The summed E-state index contributed by atoms with van der Waals surface area (Å²) in [5.74, 6) is 1.80. The van der Waals surface area contributed by atoms with Gasteiger partial charge in [-0.2, -0.15) is 4.98 Å². The SMILES string of the molecule is Cc1ncc(C)n2nc(/C=C/c3nc(N4CC[C@@H](F)C4)nn3C)nc12. The van der Waals surface area contributed by atoms with E-state index in [1.807, 2.05) is 31.9 Å². The van der Waals surface area contributed by atoms with Crippen molar-refractivity contribution < 1.29 is 4.39 Å². The molecule has 4 rings (SSSR count). The smallest absolute Gasteiger partial charge is 0.245 e. The number of anilines is 1. The molecule has 0 aromatic carbocycles. The Morgan fingerprint density at radius 1 is 1.20 bits per heavy atom. The fourth-order valence-corrected chi connectivity index (χ4v) is 2.89. The average molecular weight is 342 g/mol. The van der Waals surface area contributed by atoms with E-state index < -0.39 is 6.17 Å². The minimum absolute atomic E-state index is 0.354. The Hall–Kier alpha value is -2.84. The predicted octanol–water partition coefficient (Wildman–Crippen LogP) is 1.59. The molecule has 0 unspecified atom stereocenters. The lowest BCUT2D eigenvalue weighted by Gasteiger charge is -2.10. The van der Waals surface area contributed by atoms with Crippen LogP contribution in [0.2, 0.25) is 0 Å². The van der Waals surface area contributed by atoms with Crippen molar-refractivity contribution in [1.82, 2.24) is 34.3 Å². The van der Waals surface area contributed by atoms with E-state index >= 15 is 0 Å². The van der Waals surface area contributed by atoms with Gasteiger partial charge in [0, 0.05) is 19.8 Å². The summed E-state index contributed by atoms with van der Waals surface area (Å²) in [6, 6.07) is 0. The van der Waals surface area contributed by atoms with Gasteiger partial charge in [0.05, 0.1) is 17.9 Å². The van der Waals surface area contributed by atoms with Gasteiger partial charge in [0.15, 0.2) is 17.3 Å². The molecular weight excluding hydrogens is 323 g/mol. The zero-order valence-corrected chi connectivity index (χ0v) is 14.4. The van der Waals surface area contributed by atoms with Crippen LogP contribution >= 0.6 is 0 Å². The predicted molar refractivity (Wildman–Crippen MR) is 91.9 cm³/mol. The average Bonchev–Trinajstić information content (AvgIpc) is 3.28.